The van der Waals surface area contributed by atoms with E-state index in [0.29, 0.717) is 16.6 Å². The fraction of sp³-hybridized carbons (Fsp3) is 0.250. The van der Waals surface area contributed by atoms with E-state index in [1.54, 1.807) is 43.7 Å². The van der Waals surface area contributed by atoms with E-state index < -0.39 is 20.5 Å². The third-order valence-electron chi connectivity index (χ3n) is 3.79. The molecule has 3 aromatic rings. The van der Waals surface area contributed by atoms with E-state index in [1.165, 1.54) is 18.2 Å². The molecule has 0 bridgehead atoms. The van der Waals surface area contributed by atoms with Gasteiger partial charge in [0.25, 0.3) is 0 Å². The van der Waals surface area contributed by atoms with Crippen LogP contribution in [0.4, 0.5) is 10.2 Å². The predicted molar refractivity (Wildman–Crippen MR) is 89.7 cm³/mol. The van der Waals surface area contributed by atoms with Crippen molar-refractivity contribution >= 4 is 21.2 Å². The van der Waals surface area contributed by atoms with Crippen molar-refractivity contribution in [1.82, 2.24) is 14.6 Å². The minimum absolute atomic E-state index is 0.0222. The van der Waals surface area contributed by atoms with Crippen LogP contribution in [0.2, 0.25) is 0 Å². The minimum Gasteiger partial charge on any atom is -0.383 e. The first-order valence-electron chi connectivity index (χ1n) is 7.26. The molecule has 0 saturated heterocycles. The summed E-state index contributed by atoms with van der Waals surface area (Å²) in [6.07, 6.45) is 3.12. The maximum atomic E-state index is 13.2. The number of nitrogen functional groups attached to an aromatic ring is 1. The van der Waals surface area contributed by atoms with E-state index in [2.05, 4.69) is 10.1 Å². The Morgan fingerprint density at radius 1 is 1.17 bits per heavy atom. The lowest BCUT2D eigenvalue weighted by Crippen LogP contribution is -2.27. The summed E-state index contributed by atoms with van der Waals surface area (Å²) in [5.74, 6) is -0.655. The average Bonchev–Trinajstić information content (AvgIpc) is 2.89. The molecule has 2 N–H and O–H groups in total. The van der Waals surface area contributed by atoms with E-state index in [1.807, 2.05) is 0 Å². The second kappa shape index (κ2) is 5.27. The quantitative estimate of drug-likeness (QED) is 0.719. The monoisotopic (exact) mass is 348 g/mol. The number of halogens is 1. The van der Waals surface area contributed by atoms with E-state index >= 15 is 0 Å². The number of fused-ring (bicyclic) bond motifs is 1. The minimum atomic E-state index is -3.51. The standard InChI is InChI=1S/C16H17FN4O2S/c1-16(2,3)24(22,23)10-6-7-21-13(8-10)12(9-19-21)11-4-5-14(17)20-15(11)18/h4-9H,1-3H3,(H2,18,20). The molecule has 0 aromatic carbocycles. The van der Waals surface area contributed by atoms with Crippen molar-refractivity contribution in [3.05, 3.63) is 42.6 Å². The van der Waals surface area contributed by atoms with Crippen LogP contribution >= 0.6 is 0 Å². The van der Waals surface area contributed by atoms with Crippen LogP contribution in [0.3, 0.4) is 0 Å². The van der Waals surface area contributed by atoms with Gasteiger partial charge < -0.3 is 5.73 Å². The van der Waals surface area contributed by atoms with Gasteiger partial charge >= 0.3 is 0 Å². The molecule has 3 aromatic heterocycles. The molecule has 0 unspecified atom stereocenters. The Balaban J connectivity index is 2.24. The average molecular weight is 348 g/mol. The summed E-state index contributed by atoms with van der Waals surface area (Å²) in [6.45, 7) is 4.93. The molecule has 0 atom stereocenters. The Bertz CT molecular complexity index is 1040. The first-order chi connectivity index (χ1) is 11.1. The number of aromatic nitrogens is 3. The molecule has 0 spiro atoms. The SMILES string of the molecule is CC(C)(C)S(=O)(=O)c1ccn2ncc(-c3ccc(F)nc3N)c2c1. The molecule has 0 aliphatic rings. The fourth-order valence-corrected chi connectivity index (χ4v) is 3.58. The number of nitrogens with zero attached hydrogens (tertiary/aromatic N) is 3. The fourth-order valence-electron chi connectivity index (χ4n) is 2.37. The second-order valence-electron chi connectivity index (χ2n) is 6.43. The summed E-state index contributed by atoms with van der Waals surface area (Å²) in [7, 11) is -3.51. The molecule has 24 heavy (non-hydrogen) atoms. The topological polar surface area (TPSA) is 90.3 Å². The number of rotatable bonds is 2. The van der Waals surface area contributed by atoms with Gasteiger partial charge in [0.05, 0.1) is 21.4 Å². The maximum absolute atomic E-state index is 13.2. The number of sulfone groups is 1. The van der Waals surface area contributed by atoms with Crippen molar-refractivity contribution in [2.45, 2.75) is 30.4 Å². The molecule has 6 nitrogen and oxygen atoms in total. The summed E-state index contributed by atoms with van der Waals surface area (Å²) in [6, 6.07) is 5.76. The third-order valence-corrected chi connectivity index (χ3v) is 6.28. The lowest BCUT2D eigenvalue weighted by atomic mass is 10.1. The number of hydrogen-bond donors (Lipinski definition) is 1. The largest absolute Gasteiger partial charge is 0.383 e. The van der Waals surface area contributed by atoms with Crippen LogP contribution in [0.5, 0.6) is 0 Å². The van der Waals surface area contributed by atoms with Crippen LogP contribution in [0.15, 0.2) is 41.6 Å². The highest BCUT2D eigenvalue weighted by Gasteiger charge is 2.31. The van der Waals surface area contributed by atoms with Gasteiger partial charge in [-0.25, -0.2) is 17.9 Å². The molecule has 8 heteroatoms. The number of nitrogens with two attached hydrogens (primary N) is 1. The lowest BCUT2D eigenvalue weighted by molar-refractivity contribution is 0.560. The second-order valence-corrected chi connectivity index (χ2v) is 9.14. The molecule has 0 radical (unpaired) electrons. The van der Waals surface area contributed by atoms with Gasteiger partial charge in [0.1, 0.15) is 5.82 Å². The van der Waals surface area contributed by atoms with Crippen LogP contribution in [0, 0.1) is 5.95 Å². The Hall–Kier alpha value is -2.48. The molecule has 0 amide bonds. The number of anilines is 1. The summed E-state index contributed by atoms with van der Waals surface area (Å²) >= 11 is 0. The number of pyridine rings is 2. The van der Waals surface area contributed by atoms with Crippen molar-refractivity contribution < 1.29 is 12.8 Å². The normalized spacial score (nSPS) is 12.7. The predicted octanol–water partition coefficient (Wildman–Crippen LogP) is 2.69. The molecule has 126 valence electrons. The molecular formula is C16H17FN4O2S. The highest BCUT2D eigenvalue weighted by molar-refractivity contribution is 7.92. The Morgan fingerprint density at radius 3 is 2.50 bits per heavy atom. The molecule has 3 heterocycles. The van der Waals surface area contributed by atoms with Crippen LogP contribution in [-0.2, 0) is 9.84 Å². The van der Waals surface area contributed by atoms with Gasteiger partial charge in [0, 0.05) is 17.3 Å². The zero-order chi connectivity index (χ0) is 17.7. The first kappa shape index (κ1) is 16.4. The van der Waals surface area contributed by atoms with Crippen molar-refractivity contribution in [1.29, 1.82) is 0 Å². The Labute approximate surface area is 139 Å². The van der Waals surface area contributed by atoms with Crippen LogP contribution in [0.1, 0.15) is 20.8 Å². The lowest BCUT2D eigenvalue weighted by Gasteiger charge is -2.19. The highest BCUT2D eigenvalue weighted by Crippen LogP contribution is 2.31. The summed E-state index contributed by atoms with van der Waals surface area (Å²) in [4.78, 5) is 3.80. The van der Waals surface area contributed by atoms with Gasteiger partial charge in [0.2, 0.25) is 5.95 Å². The van der Waals surface area contributed by atoms with Crippen molar-refractivity contribution in [2.24, 2.45) is 0 Å². The molecule has 0 saturated carbocycles. The summed E-state index contributed by atoms with van der Waals surface area (Å²) < 4.78 is 39.1. The molecule has 0 fully saturated rings. The third kappa shape index (κ3) is 2.52. The highest BCUT2D eigenvalue weighted by atomic mass is 32.2. The maximum Gasteiger partial charge on any atom is 0.214 e. The zero-order valence-electron chi connectivity index (χ0n) is 13.5. The van der Waals surface area contributed by atoms with Gasteiger partial charge in [-0.15, -0.1) is 0 Å². The molecule has 3 rings (SSSR count). The molecule has 0 aliphatic heterocycles. The molecule has 0 aliphatic carbocycles. The van der Waals surface area contributed by atoms with Crippen molar-refractivity contribution in [3.8, 4) is 11.1 Å². The van der Waals surface area contributed by atoms with Gasteiger partial charge in [0.15, 0.2) is 9.84 Å². The Morgan fingerprint density at radius 2 is 1.88 bits per heavy atom. The van der Waals surface area contributed by atoms with E-state index in [-0.39, 0.29) is 10.7 Å². The van der Waals surface area contributed by atoms with Crippen LogP contribution in [0.25, 0.3) is 16.6 Å². The summed E-state index contributed by atoms with van der Waals surface area (Å²) in [5.41, 5.74) is 7.43. The summed E-state index contributed by atoms with van der Waals surface area (Å²) in [5, 5.41) is 4.19. The van der Waals surface area contributed by atoms with Gasteiger partial charge in [-0.1, -0.05) is 0 Å². The van der Waals surface area contributed by atoms with Gasteiger partial charge in [-0.05, 0) is 45.0 Å². The molecular weight excluding hydrogens is 331 g/mol. The first-order valence-corrected chi connectivity index (χ1v) is 8.74. The zero-order valence-corrected chi connectivity index (χ0v) is 14.3. The van der Waals surface area contributed by atoms with E-state index in [9.17, 15) is 12.8 Å². The van der Waals surface area contributed by atoms with E-state index in [0.717, 1.165) is 0 Å². The van der Waals surface area contributed by atoms with E-state index in [4.69, 9.17) is 5.73 Å². The van der Waals surface area contributed by atoms with Crippen LogP contribution < -0.4 is 5.73 Å². The van der Waals surface area contributed by atoms with Crippen molar-refractivity contribution in [3.63, 3.8) is 0 Å². The number of hydrogen-bond acceptors (Lipinski definition) is 5. The Kier molecular flexibility index (Phi) is 3.60. The van der Waals surface area contributed by atoms with Gasteiger partial charge in [-0.2, -0.15) is 9.49 Å². The van der Waals surface area contributed by atoms with Gasteiger partial charge in [-0.3, -0.25) is 0 Å². The van der Waals surface area contributed by atoms with Crippen LogP contribution in [-0.4, -0.2) is 27.8 Å². The smallest absolute Gasteiger partial charge is 0.214 e. The van der Waals surface area contributed by atoms with Crippen molar-refractivity contribution in [2.75, 3.05) is 5.73 Å².